The van der Waals surface area contributed by atoms with Crippen LogP contribution in [0, 0.1) is 5.82 Å². The minimum atomic E-state index is -0.714. The van der Waals surface area contributed by atoms with Crippen LogP contribution in [0.5, 0.6) is 0 Å². The van der Waals surface area contributed by atoms with Crippen molar-refractivity contribution in [2.45, 2.75) is 6.92 Å². The monoisotopic (exact) mass is 298 g/mol. The van der Waals surface area contributed by atoms with Crippen molar-refractivity contribution in [2.24, 2.45) is 0 Å². The maximum absolute atomic E-state index is 13.5. The molecular weight excluding hydrogens is 291 g/mol. The number of Topliss-reactive ketones (excluding diaryl/α,β-unsaturated/α-hetero) is 1. The fourth-order valence-electron chi connectivity index (χ4n) is 1.33. The first-order valence-electron chi connectivity index (χ1n) is 5.20. The van der Waals surface area contributed by atoms with Crippen LogP contribution in [0.15, 0.2) is 23.6 Å². The number of thiazole rings is 1. The van der Waals surface area contributed by atoms with E-state index in [0.29, 0.717) is 0 Å². The number of amides is 1. The van der Waals surface area contributed by atoms with Crippen molar-refractivity contribution >= 4 is 39.8 Å². The number of aromatic nitrogens is 1. The van der Waals surface area contributed by atoms with Gasteiger partial charge in [-0.05, 0) is 18.2 Å². The third kappa shape index (κ3) is 3.15. The zero-order chi connectivity index (χ0) is 14.0. The molecule has 98 valence electrons. The lowest BCUT2D eigenvalue weighted by atomic mass is 10.2. The van der Waals surface area contributed by atoms with Gasteiger partial charge in [0.25, 0.3) is 5.91 Å². The molecule has 7 heteroatoms. The molecule has 1 amide bonds. The number of carbonyl (C=O) groups excluding carboxylic acids is 2. The summed E-state index contributed by atoms with van der Waals surface area (Å²) in [5.74, 6) is -1.55. The van der Waals surface area contributed by atoms with Gasteiger partial charge in [-0.1, -0.05) is 11.6 Å². The second kappa shape index (κ2) is 5.46. The van der Waals surface area contributed by atoms with Gasteiger partial charge in [-0.2, -0.15) is 0 Å². The highest BCUT2D eigenvalue weighted by atomic mass is 35.5. The van der Waals surface area contributed by atoms with Crippen molar-refractivity contribution in [2.75, 3.05) is 5.32 Å². The SMILES string of the molecule is CC(=O)c1csc(NC(=O)c2ccc(Cl)cc2F)n1. The molecule has 0 aliphatic carbocycles. The predicted octanol–water partition coefficient (Wildman–Crippen LogP) is 3.39. The number of carbonyl (C=O) groups is 2. The van der Waals surface area contributed by atoms with E-state index in [2.05, 4.69) is 10.3 Å². The average molecular weight is 299 g/mol. The Morgan fingerprint density at radius 3 is 2.74 bits per heavy atom. The third-order valence-corrected chi connectivity index (χ3v) is 3.25. The Labute approximate surface area is 117 Å². The van der Waals surface area contributed by atoms with Crippen molar-refractivity contribution < 1.29 is 14.0 Å². The quantitative estimate of drug-likeness (QED) is 0.884. The number of nitrogens with one attached hydrogen (secondary N) is 1. The van der Waals surface area contributed by atoms with Crippen molar-refractivity contribution in [1.82, 2.24) is 4.98 Å². The molecule has 0 atom stereocenters. The minimum absolute atomic E-state index is 0.135. The summed E-state index contributed by atoms with van der Waals surface area (Å²) in [6, 6.07) is 3.76. The fourth-order valence-corrected chi connectivity index (χ4v) is 2.23. The van der Waals surface area contributed by atoms with Crippen LogP contribution in [0.3, 0.4) is 0 Å². The zero-order valence-corrected chi connectivity index (χ0v) is 11.3. The molecule has 1 heterocycles. The molecule has 0 aliphatic rings. The molecular formula is C12H8ClFN2O2S. The lowest BCUT2D eigenvalue weighted by Gasteiger charge is -2.03. The molecule has 0 saturated heterocycles. The molecule has 1 aromatic heterocycles. The first-order valence-corrected chi connectivity index (χ1v) is 6.46. The highest BCUT2D eigenvalue weighted by Gasteiger charge is 2.14. The predicted molar refractivity (Wildman–Crippen MR) is 71.5 cm³/mol. The van der Waals surface area contributed by atoms with Gasteiger partial charge in [0, 0.05) is 17.3 Å². The van der Waals surface area contributed by atoms with Gasteiger partial charge in [0.1, 0.15) is 11.5 Å². The first kappa shape index (κ1) is 13.6. The maximum atomic E-state index is 13.5. The van der Waals surface area contributed by atoms with Crippen LogP contribution in [0.1, 0.15) is 27.8 Å². The Morgan fingerprint density at radius 1 is 1.42 bits per heavy atom. The van der Waals surface area contributed by atoms with Crippen LogP contribution in [0.4, 0.5) is 9.52 Å². The van der Waals surface area contributed by atoms with Gasteiger partial charge in [-0.3, -0.25) is 14.9 Å². The van der Waals surface area contributed by atoms with Crippen molar-refractivity contribution in [3.63, 3.8) is 0 Å². The van der Waals surface area contributed by atoms with E-state index < -0.39 is 11.7 Å². The molecule has 1 aromatic carbocycles. The second-order valence-corrected chi connectivity index (χ2v) is 4.97. The molecule has 0 unspecified atom stereocenters. The lowest BCUT2D eigenvalue weighted by molar-refractivity contribution is 0.100. The number of hydrogen-bond acceptors (Lipinski definition) is 4. The van der Waals surface area contributed by atoms with E-state index in [1.807, 2.05) is 0 Å². The number of anilines is 1. The van der Waals surface area contributed by atoms with Crippen LogP contribution >= 0.6 is 22.9 Å². The van der Waals surface area contributed by atoms with Gasteiger partial charge in [0.05, 0.1) is 5.56 Å². The Balaban J connectivity index is 2.18. The van der Waals surface area contributed by atoms with Gasteiger partial charge in [-0.15, -0.1) is 11.3 Å². The lowest BCUT2D eigenvalue weighted by Crippen LogP contribution is -2.13. The molecule has 0 bridgehead atoms. The molecule has 4 nitrogen and oxygen atoms in total. The van der Waals surface area contributed by atoms with Crippen molar-refractivity contribution in [3.8, 4) is 0 Å². The normalized spacial score (nSPS) is 10.3. The van der Waals surface area contributed by atoms with Crippen LogP contribution in [-0.4, -0.2) is 16.7 Å². The Hall–Kier alpha value is -1.79. The molecule has 2 aromatic rings. The smallest absolute Gasteiger partial charge is 0.260 e. The fraction of sp³-hybridized carbons (Fsp3) is 0.0833. The standard InChI is InChI=1S/C12H8ClFN2O2S/c1-6(17)10-5-19-12(15-10)16-11(18)8-3-2-7(13)4-9(8)14/h2-5H,1H3,(H,15,16,18). The molecule has 0 spiro atoms. The van der Waals surface area contributed by atoms with E-state index in [0.717, 1.165) is 17.4 Å². The highest BCUT2D eigenvalue weighted by molar-refractivity contribution is 7.14. The Bertz CT molecular complexity index is 657. The Morgan fingerprint density at radius 2 is 2.16 bits per heavy atom. The second-order valence-electron chi connectivity index (χ2n) is 3.67. The number of rotatable bonds is 3. The zero-order valence-electron chi connectivity index (χ0n) is 9.74. The summed E-state index contributed by atoms with van der Waals surface area (Å²) in [5.41, 5.74) is 0.126. The van der Waals surface area contributed by atoms with E-state index >= 15 is 0 Å². The molecule has 2 rings (SSSR count). The van der Waals surface area contributed by atoms with E-state index in [1.54, 1.807) is 0 Å². The highest BCUT2D eigenvalue weighted by Crippen LogP contribution is 2.19. The molecule has 0 fully saturated rings. The number of benzene rings is 1. The van der Waals surface area contributed by atoms with Gasteiger partial charge in [-0.25, -0.2) is 9.37 Å². The molecule has 19 heavy (non-hydrogen) atoms. The maximum Gasteiger partial charge on any atom is 0.260 e. The van der Waals surface area contributed by atoms with E-state index in [4.69, 9.17) is 11.6 Å². The number of ketones is 1. The number of nitrogens with zero attached hydrogens (tertiary/aromatic N) is 1. The molecule has 0 aliphatic heterocycles. The third-order valence-electron chi connectivity index (χ3n) is 2.26. The van der Waals surface area contributed by atoms with E-state index in [-0.39, 0.29) is 27.2 Å². The van der Waals surface area contributed by atoms with Crippen molar-refractivity contribution in [1.29, 1.82) is 0 Å². The first-order chi connectivity index (χ1) is 8.97. The van der Waals surface area contributed by atoms with Gasteiger partial charge < -0.3 is 0 Å². The largest absolute Gasteiger partial charge is 0.298 e. The molecule has 0 saturated carbocycles. The Kier molecular flexibility index (Phi) is 3.92. The summed E-state index contributed by atoms with van der Waals surface area (Å²) < 4.78 is 13.5. The average Bonchev–Trinajstić information content (AvgIpc) is 2.77. The summed E-state index contributed by atoms with van der Waals surface area (Å²) in [4.78, 5) is 26.8. The van der Waals surface area contributed by atoms with Crippen LogP contribution in [0.25, 0.3) is 0 Å². The number of halogens is 2. The van der Waals surface area contributed by atoms with Crippen LogP contribution in [-0.2, 0) is 0 Å². The minimum Gasteiger partial charge on any atom is -0.298 e. The summed E-state index contributed by atoms with van der Waals surface area (Å²) >= 11 is 6.70. The van der Waals surface area contributed by atoms with Gasteiger partial charge in [0.2, 0.25) is 0 Å². The van der Waals surface area contributed by atoms with Gasteiger partial charge in [0.15, 0.2) is 10.9 Å². The molecule has 1 N–H and O–H groups in total. The van der Waals surface area contributed by atoms with E-state index in [1.165, 1.54) is 24.4 Å². The van der Waals surface area contributed by atoms with Crippen molar-refractivity contribution in [3.05, 3.63) is 45.7 Å². The summed E-state index contributed by atoms with van der Waals surface area (Å²) in [7, 11) is 0. The van der Waals surface area contributed by atoms with Gasteiger partial charge >= 0.3 is 0 Å². The van der Waals surface area contributed by atoms with Crippen LogP contribution in [0.2, 0.25) is 5.02 Å². The number of hydrogen-bond donors (Lipinski definition) is 1. The summed E-state index contributed by atoms with van der Waals surface area (Å²) in [5, 5.41) is 4.40. The summed E-state index contributed by atoms with van der Waals surface area (Å²) in [6.45, 7) is 1.37. The van der Waals surface area contributed by atoms with Crippen LogP contribution < -0.4 is 5.32 Å². The summed E-state index contributed by atoms with van der Waals surface area (Å²) in [6.07, 6.45) is 0. The topological polar surface area (TPSA) is 59.1 Å². The van der Waals surface area contributed by atoms with E-state index in [9.17, 15) is 14.0 Å². The molecule has 0 radical (unpaired) electrons.